The summed E-state index contributed by atoms with van der Waals surface area (Å²) in [4.78, 5) is 0. The molecular formula is C32H28O. The third-order valence-electron chi connectivity index (χ3n) is 5.82. The van der Waals surface area contributed by atoms with Gasteiger partial charge in [0.25, 0.3) is 0 Å². The van der Waals surface area contributed by atoms with Gasteiger partial charge in [-0.15, -0.1) is 0 Å². The van der Waals surface area contributed by atoms with Crippen LogP contribution in [0.4, 0.5) is 0 Å². The molecule has 33 heavy (non-hydrogen) atoms. The van der Waals surface area contributed by atoms with Crippen LogP contribution in [0.5, 0.6) is 0 Å². The van der Waals surface area contributed by atoms with Crippen LogP contribution in [0, 0.1) is 6.92 Å². The van der Waals surface area contributed by atoms with Gasteiger partial charge >= 0.3 is 0 Å². The molecule has 0 radical (unpaired) electrons. The number of benzene rings is 6. The fourth-order valence-corrected chi connectivity index (χ4v) is 4.14. The van der Waals surface area contributed by atoms with E-state index in [9.17, 15) is 0 Å². The van der Waals surface area contributed by atoms with E-state index in [1.807, 2.05) is 0 Å². The molecule has 6 aromatic carbocycles. The van der Waals surface area contributed by atoms with Crippen molar-refractivity contribution in [1.82, 2.24) is 0 Å². The largest absolute Gasteiger partial charge is 0.400 e. The van der Waals surface area contributed by atoms with Crippen LogP contribution in [-0.2, 0) is 0 Å². The van der Waals surface area contributed by atoms with Gasteiger partial charge in [-0.25, -0.2) is 0 Å². The van der Waals surface area contributed by atoms with Gasteiger partial charge in [0.2, 0.25) is 0 Å². The quantitative estimate of drug-likeness (QED) is 0.261. The Bertz CT molecular complexity index is 1480. The Hall–Kier alpha value is -3.94. The summed E-state index contributed by atoms with van der Waals surface area (Å²) in [5.74, 6) is 0. The molecule has 0 spiro atoms. The van der Waals surface area contributed by atoms with Crippen molar-refractivity contribution in [1.29, 1.82) is 0 Å². The zero-order valence-corrected chi connectivity index (χ0v) is 19.1. The van der Waals surface area contributed by atoms with E-state index in [2.05, 4.69) is 134 Å². The monoisotopic (exact) mass is 428 g/mol. The molecular weight excluding hydrogens is 400 g/mol. The zero-order valence-electron chi connectivity index (χ0n) is 19.1. The average Bonchev–Trinajstić information content (AvgIpc) is 2.89. The third-order valence-corrected chi connectivity index (χ3v) is 5.82. The summed E-state index contributed by atoms with van der Waals surface area (Å²) in [5, 5.41) is 14.9. The van der Waals surface area contributed by atoms with Gasteiger partial charge in [-0.05, 0) is 74.1 Å². The van der Waals surface area contributed by atoms with Crippen molar-refractivity contribution in [3.63, 3.8) is 0 Å². The van der Waals surface area contributed by atoms with E-state index in [1.165, 1.54) is 49.0 Å². The van der Waals surface area contributed by atoms with Gasteiger partial charge in [0.1, 0.15) is 0 Å². The molecule has 0 bridgehead atoms. The van der Waals surface area contributed by atoms with Crippen LogP contribution in [0.15, 0.2) is 127 Å². The maximum Gasteiger partial charge on any atom is 0.0319 e. The van der Waals surface area contributed by atoms with E-state index in [0.717, 1.165) is 7.11 Å². The molecule has 0 aromatic heterocycles. The van der Waals surface area contributed by atoms with Crippen molar-refractivity contribution in [2.45, 2.75) is 6.92 Å². The van der Waals surface area contributed by atoms with Crippen LogP contribution >= 0.6 is 0 Å². The van der Waals surface area contributed by atoms with Crippen LogP contribution in [0.2, 0.25) is 0 Å². The van der Waals surface area contributed by atoms with Gasteiger partial charge in [0.05, 0.1) is 0 Å². The first-order chi connectivity index (χ1) is 16.3. The Morgan fingerprint density at radius 2 is 0.939 bits per heavy atom. The lowest BCUT2D eigenvalue weighted by molar-refractivity contribution is 0.399. The van der Waals surface area contributed by atoms with Crippen molar-refractivity contribution >= 4 is 32.3 Å². The summed E-state index contributed by atoms with van der Waals surface area (Å²) in [6, 6.07) is 45.1. The number of hydrogen-bond donors (Lipinski definition) is 1. The fourth-order valence-electron chi connectivity index (χ4n) is 4.14. The minimum absolute atomic E-state index is 1.00. The number of hydrogen-bond acceptors (Lipinski definition) is 1. The van der Waals surface area contributed by atoms with Gasteiger partial charge in [0.15, 0.2) is 0 Å². The van der Waals surface area contributed by atoms with Gasteiger partial charge in [-0.3, -0.25) is 0 Å². The van der Waals surface area contributed by atoms with E-state index in [0.29, 0.717) is 0 Å². The molecule has 0 atom stereocenters. The van der Waals surface area contributed by atoms with Crippen molar-refractivity contribution < 1.29 is 5.11 Å². The van der Waals surface area contributed by atoms with Crippen LogP contribution in [0.3, 0.4) is 0 Å². The topological polar surface area (TPSA) is 20.2 Å². The number of aryl methyl sites for hydroxylation is 1. The number of rotatable bonds is 1. The minimum atomic E-state index is 1.00. The molecule has 1 nitrogen and oxygen atoms in total. The van der Waals surface area contributed by atoms with Crippen molar-refractivity contribution in [3.8, 4) is 11.1 Å². The average molecular weight is 429 g/mol. The van der Waals surface area contributed by atoms with E-state index >= 15 is 0 Å². The van der Waals surface area contributed by atoms with Crippen molar-refractivity contribution in [3.05, 3.63) is 133 Å². The van der Waals surface area contributed by atoms with E-state index in [4.69, 9.17) is 5.11 Å². The molecule has 0 amide bonds. The van der Waals surface area contributed by atoms with Crippen molar-refractivity contribution in [2.75, 3.05) is 7.11 Å². The second-order valence-corrected chi connectivity index (χ2v) is 7.92. The van der Waals surface area contributed by atoms with Crippen LogP contribution in [-0.4, -0.2) is 12.2 Å². The molecule has 0 aliphatic rings. The molecule has 0 aliphatic carbocycles. The molecule has 1 heteroatoms. The van der Waals surface area contributed by atoms with E-state index in [1.54, 1.807) is 0 Å². The predicted octanol–water partition coefficient (Wildman–Crippen LogP) is 8.42. The summed E-state index contributed by atoms with van der Waals surface area (Å²) in [6.45, 7) is 2.14. The molecule has 6 rings (SSSR count). The lowest BCUT2D eigenvalue weighted by Gasteiger charge is -2.06. The second-order valence-electron chi connectivity index (χ2n) is 7.92. The number of fused-ring (bicyclic) bond motifs is 3. The summed E-state index contributed by atoms with van der Waals surface area (Å²) in [6.07, 6.45) is 0. The SMILES string of the molecule is CO.Cc1cccc2ccccc12.c1ccc(-c2ccc3cc4ccccc4cc3c2)cc1. The normalized spacial score (nSPS) is 10.3. The first-order valence-corrected chi connectivity index (χ1v) is 11.1. The molecule has 0 fully saturated rings. The highest BCUT2D eigenvalue weighted by molar-refractivity contribution is 5.99. The minimum Gasteiger partial charge on any atom is -0.400 e. The molecule has 0 saturated carbocycles. The first-order valence-electron chi connectivity index (χ1n) is 11.1. The maximum absolute atomic E-state index is 7.00. The summed E-state index contributed by atoms with van der Waals surface area (Å²) in [7, 11) is 1.00. The summed E-state index contributed by atoms with van der Waals surface area (Å²) in [5.41, 5.74) is 3.89. The second kappa shape index (κ2) is 10.6. The molecule has 1 N–H and O–H groups in total. The molecule has 6 aromatic rings. The molecule has 0 saturated heterocycles. The van der Waals surface area contributed by atoms with Gasteiger partial charge in [-0.2, -0.15) is 0 Å². The summed E-state index contributed by atoms with van der Waals surface area (Å²) >= 11 is 0. The van der Waals surface area contributed by atoms with Crippen LogP contribution in [0.25, 0.3) is 43.4 Å². The van der Waals surface area contributed by atoms with Crippen molar-refractivity contribution in [2.24, 2.45) is 0 Å². The Morgan fingerprint density at radius 3 is 1.64 bits per heavy atom. The van der Waals surface area contributed by atoms with Gasteiger partial charge in [0, 0.05) is 7.11 Å². The standard InChI is InChI=1S/C20H14.C11H10.CH4O/c1-2-6-15(7-3-1)18-10-11-19-12-16-8-4-5-9-17(16)13-20(19)14-18;1-9-5-4-7-10-6-2-3-8-11(9)10;1-2/h1-14H;2-8H,1H3;2H,1H3. The lowest BCUT2D eigenvalue weighted by atomic mass is 9.99. The molecule has 162 valence electrons. The highest BCUT2D eigenvalue weighted by Crippen LogP contribution is 2.27. The Kier molecular flexibility index (Phi) is 7.14. The highest BCUT2D eigenvalue weighted by Gasteiger charge is 2.01. The lowest BCUT2D eigenvalue weighted by Crippen LogP contribution is -1.80. The first kappa shape index (κ1) is 22.3. The van der Waals surface area contributed by atoms with E-state index < -0.39 is 0 Å². The Labute approximate surface area is 195 Å². The van der Waals surface area contributed by atoms with Gasteiger partial charge in [-0.1, -0.05) is 109 Å². The third kappa shape index (κ3) is 5.11. The van der Waals surface area contributed by atoms with E-state index in [-0.39, 0.29) is 0 Å². The predicted molar refractivity (Wildman–Crippen MR) is 144 cm³/mol. The van der Waals surface area contributed by atoms with Crippen LogP contribution in [0.1, 0.15) is 5.56 Å². The maximum atomic E-state index is 7.00. The van der Waals surface area contributed by atoms with Gasteiger partial charge < -0.3 is 5.11 Å². The molecule has 0 heterocycles. The summed E-state index contributed by atoms with van der Waals surface area (Å²) < 4.78 is 0. The Balaban J connectivity index is 0.000000169. The van der Waals surface area contributed by atoms with Crippen LogP contribution < -0.4 is 0 Å². The zero-order chi connectivity index (χ0) is 23.0. The smallest absolute Gasteiger partial charge is 0.0319 e. The Morgan fingerprint density at radius 1 is 0.394 bits per heavy atom. The number of aliphatic hydroxyl groups excluding tert-OH is 1. The fraction of sp³-hybridized carbons (Fsp3) is 0.0625. The highest BCUT2D eigenvalue weighted by atomic mass is 16.2. The molecule has 0 aliphatic heterocycles. The molecule has 0 unspecified atom stereocenters. The number of aliphatic hydroxyl groups is 1.